The molecular weight excluding hydrogens is 200 g/mol. The molecule has 0 saturated heterocycles. The van der Waals surface area contributed by atoms with Gasteiger partial charge < -0.3 is 0 Å². The van der Waals surface area contributed by atoms with Gasteiger partial charge in [0.25, 0.3) is 0 Å². The third-order valence-electron chi connectivity index (χ3n) is 2.21. The van der Waals surface area contributed by atoms with Gasteiger partial charge in [-0.1, -0.05) is 0 Å². The zero-order valence-corrected chi connectivity index (χ0v) is 8.33. The van der Waals surface area contributed by atoms with Crippen molar-refractivity contribution in [2.45, 2.75) is 0 Å². The number of fused-ring (bicyclic) bond motifs is 1. The molecule has 0 amide bonds. The SMILES string of the molecule is [c]1ccnc2nc(-c3cnccn3)ccc12. The van der Waals surface area contributed by atoms with Crippen LogP contribution in [0.25, 0.3) is 22.4 Å². The normalized spacial score (nSPS) is 10.5. The molecule has 16 heavy (non-hydrogen) atoms. The minimum Gasteiger partial charge on any atom is -0.261 e. The average Bonchev–Trinajstić information content (AvgIpc) is 2.39. The number of rotatable bonds is 1. The van der Waals surface area contributed by atoms with Gasteiger partial charge in [0.15, 0.2) is 5.65 Å². The molecule has 0 atom stereocenters. The number of aromatic nitrogens is 4. The van der Waals surface area contributed by atoms with Gasteiger partial charge in [0, 0.05) is 24.0 Å². The first-order valence-corrected chi connectivity index (χ1v) is 4.83. The Bertz CT molecular complexity index is 622. The lowest BCUT2D eigenvalue weighted by Crippen LogP contribution is -1.90. The van der Waals surface area contributed by atoms with E-state index in [0.29, 0.717) is 5.65 Å². The molecule has 0 aromatic carbocycles. The fourth-order valence-corrected chi connectivity index (χ4v) is 1.47. The van der Waals surface area contributed by atoms with Crippen LogP contribution < -0.4 is 0 Å². The van der Waals surface area contributed by atoms with Gasteiger partial charge in [-0.25, -0.2) is 9.97 Å². The van der Waals surface area contributed by atoms with Crippen LogP contribution >= 0.6 is 0 Å². The molecule has 0 unspecified atom stereocenters. The average molecular weight is 207 g/mol. The van der Waals surface area contributed by atoms with Crippen LogP contribution in [0.3, 0.4) is 0 Å². The Morgan fingerprint density at radius 3 is 2.81 bits per heavy atom. The molecule has 4 heteroatoms. The van der Waals surface area contributed by atoms with Crippen molar-refractivity contribution in [2.24, 2.45) is 0 Å². The molecule has 75 valence electrons. The van der Waals surface area contributed by atoms with Crippen LogP contribution in [0.4, 0.5) is 0 Å². The molecule has 0 bridgehead atoms. The fourth-order valence-electron chi connectivity index (χ4n) is 1.47. The smallest absolute Gasteiger partial charge is 0.160 e. The molecule has 1 radical (unpaired) electrons. The maximum absolute atomic E-state index is 4.40. The fraction of sp³-hybridized carbons (Fsp3) is 0. The van der Waals surface area contributed by atoms with E-state index in [4.69, 9.17) is 0 Å². The van der Waals surface area contributed by atoms with E-state index in [1.807, 2.05) is 12.1 Å². The van der Waals surface area contributed by atoms with Gasteiger partial charge in [-0.2, -0.15) is 0 Å². The van der Waals surface area contributed by atoms with Crippen molar-refractivity contribution in [3.05, 3.63) is 49.1 Å². The summed E-state index contributed by atoms with van der Waals surface area (Å²) in [5, 5.41) is 0.898. The Labute approximate surface area is 92.0 Å². The van der Waals surface area contributed by atoms with Gasteiger partial charge >= 0.3 is 0 Å². The molecular formula is C12H7N4. The second-order valence-electron chi connectivity index (χ2n) is 3.25. The number of nitrogens with zero attached hydrogens (tertiary/aromatic N) is 4. The molecule has 3 rings (SSSR count). The minimum absolute atomic E-state index is 0.672. The summed E-state index contributed by atoms with van der Waals surface area (Å²) in [6.07, 6.45) is 6.64. The molecule has 4 nitrogen and oxygen atoms in total. The number of pyridine rings is 2. The van der Waals surface area contributed by atoms with Crippen molar-refractivity contribution in [3.8, 4) is 11.4 Å². The van der Waals surface area contributed by atoms with E-state index < -0.39 is 0 Å². The van der Waals surface area contributed by atoms with Crippen molar-refractivity contribution < 1.29 is 0 Å². The van der Waals surface area contributed by atoms with E-state index in [9.17, 15) is 0 Å². The van der Waals surface area contributed by atoms with Gasteiger partial charge in [-0.05, 0) is 24.3 Å². The Morgan fingerprint density at radius 2 is 1.94 bits per heavy atom. The summed E-state index contributed by atoms with van der Waals surface area (Å²) >= 11 is 0. The highest BCUT2D eigenvalue weighted by Crippen LogP contribution is 2.16. The molecule has 3 aromatic rings. The Balaban J connectivity index is 2.19. The van der Waals surface area contributed by atoms with Gasteiger partial charge in [-0.3, -0.25) is 9.97 Å². The third kappa shape index (κ3) is 1.50. The van der Waals surface area contributed by atoms with Crippen molar-refractivity contribution >= 4 is 11.0 Å². The Hall–Kier alpha value is -2.36. The highest BCUT2D eigenvalue weighted by atomic mass is 14.9. The van der Waals surface area contributed by atoms with Gasteiger partial charge in [0.2, 0.25) is 0 Å². The zero-order valence-electron chi connectivity index (χ0n) is 8.33. The molecule has 0 aliphatic heterocycles. The van der Waals surface area contributed by atoms with Crippen LogP contribution in [0.15, 0.2) is 43.0 Å². The monoisotopic (exact) mass is 207 g/mol. The standard InChI is InChI=1S/C12H7N4/c1-2-9-3-4-10(16-12(9)15-5-1)11-8-13-6-7-14-11/h1,3-8H. The first kappa shape index (κ1) is 8.91. The highest BCUT2D eigenvalue weighted by molar-refractivity contribution is 5.76. The summed E-state index contributed by atoms with van der Waals surface area (Å²) in [5.41, 5.74) is 2.19. The predicted molar refractivity (Wildman–Crippen MR) is 59.4 cm³/mol. The lowest BCUT2D eigenvalue weighted by Gasteiger charge is -2.00. The summed E-state index contributed by atoms with van der Waals surface area (Å²) in [5.74, 6) is 0. The predicted octanol–water partition coefficient (Wildman–Crippen LogP) is 1.89. The van der Waals surface area contributed by atoms with Crippen molar-refractivity contribution in [1.82, 2.24) is 19.9 Å². The molecule has 0 aliphatic carbocycles. The lowest BCUT2D eigenvalue weighted by molar-refractivity contribution is 1.18. The van der Waals surface area contributed by atoms with E-state index in [0.717, 1.165) is 16.8 Å². The van der Waals surface area contributed by atoms with E-state index in [1.165, 1.54) is 0 Å². The lowest BCUT2D eigenvalue weighted by atomic mass is 10.2. The summed E-state index contributed by atoms with van der Waals surface area (Å²) in [7, 11) is 0. The van der Waals surface area contributed by atoms with Gasteiger partial charge in [0.05, 0.1) is 11.9 Å². The van der Waals surface area contributed by atoms with Gasteiger partial charge in [-0.15, -0.1) is 0 Å². The largest absolute Gasteiger partial charge is 0.261 e. The first-order chi connectivity index (χ1) is 7.93. The minimum atomic E-state index is 0.672. The van der Waals surface area contributed by atoms with Crippen LogP contribution in [0.1, 0.15) is 0 Å². The van der Waals surface area contributed by atoms with Crippen molar-refractivity contribution in [1.29, 1.82) is 0 Å². The van der Waals surface area contributed by atoms with Crippen LogP contribution in [0.2, 0.25) is 0 Å². The molecule has 0 fully saturated rings. The van der Waals surface area contributed by atoms with Crippen LogP contribution in [-0.4, -0.2) is 19.9 Å². The third-order valence-corrected chi connectivity index (χ3v) is 2.21. The number of hydrogen-bond donors (Lipinski definition) is 0. The molecule has 3 heterocycles. The summed E-state index contributed by atoms with van der Waals surface area (Å²) in [6.45, 7) is 0. The molecule has 0 N–H and O–H groups in total. The van der Waals surface area contributed by atoms with Gasteiger partial charge in [0.1, 0.15) is 5.69 Å². The van der Waals surface area contributed by atoms with E-state index >= 15 is 0 Å². The maximum atomic E-state index is 4.40. The van der Waals surface area contributed by atoms with E-state index in [-0.39, 0.29) is 0 Å². The van der Waals surface area contributed by atoms with Crippen molar-refractivity contribution in [3.63, 3.8) is 0 Å². The molecule has 0 saturated carbocycles. The van der Waals surface area contributed by atoms with Crippen molar-refractivity contribution in [2.75, 3.05) is 0 Å². The number of hydrogen-bond acceptors (Lipinski definition) is 4. The second kappa shape index (κ2) is 3.66. The maximum Gasteiger partial charge on any atom is 0.160 e. The van der Waals surface area contributed by atoms with Crippen LogP contribution in [-0.2, 0) is 0 Å². The first-order valence-electron chi connectivity index (χ1n) is 4.83. The highest BCUT2D eigenvalue weighted by Gasteiger charge is 2.02. The second-order valence-corrected chi connectivity index (χ2v) is 3.25. The zero-order chi connectivity index (χ0) is 10.8. The molecule has 0 aliphatic rings. The van der Waals surface area contributed by atoms with E-state index in [2.05, 4.69) is 26.0 Å². The van der Waals surface area contributed by atoms with Crippen LogP contribution in [0, 0.1) is 6.07 Å². The van der Waals surface area contributed by atoms with Crippen LogP contribution in [0.5, 0.6) is 0 Å². The topological polar surface area (TPSA) is 51.6 Å². The molecule has 3 aromatic heterocycles. The Morgan fingerprint density at radius 1 is 0.938 bits per heavy atom. The molecule has 0 spiro atoms. The quantitative estimate of drug-likeness (QED) is 0.611. The Kier molecular flexibility index (Phi) is 2.04. The summed E-state index contributed by atoms with van der Waals surface area (Å²) in [6, 6.07) is 8.66. The summed E-state index contributed by atoms with van der Waals surface area (Å²) in [4.78, 5) is 16.8. The van der Waals surface area contributed by atoms with E-state index in [1.54, 1.807) is 30.9 Å². The summed E-state index contributed by atoms with van der Waals surface area (Å²) < 4.78 is 0.